The molecule has 0 aliphatic carbocycles. The Labute approximate surface area is 120 Å². The molecule has 0 aliphatic heterocycles. The van der Waals surface area contributed by atoms with Crippen molar-refractivity contribution < 1.29 is 4.79 Å². The van der Waals surface area contributed by atoms with Gasteiger partial charge in [0.1, 0.15) is 5.65 Å². The molecule has 0 spiro atoms. The number of carbonyl (C=O) groups is 1. The zero-order chi connectivity index (χ0) is 13.9. The second-order valence-electron chi connectivity index (χ2n) is 4.37. The summed E-state index contributed by atoms with van der Waals surface area (Å²) in [5, 5.41) is 4.33. The number of rotatable bonds is 3. The molecule has 0 saturated carbocycles. The van der Waals surface area contributed by atoms with Gasteiger partial charge in [-0.05, 0) is 29.8 Å². The maximum Gasteiger partial charge on any atom is 0.253 e. The minimum Gasteiger partial charge on any atom is -0.348 e. The van der Waals surface area contributed by atoms with E-state index in [-0.39, 0.29) is 5.91 Å². The van der Waals surface area contributed by atoms with Crippen molar-refractivity contribution in [1.29, 1.82) is 0 Å². The van der Waals surface area contributed by atoms with Crippen LogP contribution in [0.4, 0.5) is 0 Å². The lowest BCUT2D eigenvalue weighted by Crippen LogP contribution is -2.23. The molecule has 1 amide bonds. The molecule has 3 aromatic rings. The first-order chi connectivity index (χ1) is 9.75. The quantitative estimate of drug-likeness (QED) is 0.777. The molecule has 2 heterocycles. The fourth-order valence-electron chi connectivity index (χ4n) is 2.09. The third-order valence-electron chi connectivity index (χ3n) is 3.11. The van der Waals surface area contributed by atoms with Gasteiger partial charge in [-0.2, -0.15) is 0 Å². The molecule has 20 heavy (non-hydrogen) atoms. The lowest BCUT2D eigenvalue weighted by atomic mass is 10.1. The van der Waals surface area contributed by atoms with Gasteiger partial charge in [-0.1, -0.05) is 23.7 Å². The molecule has 4 nitrogen and oxygen atoms in total. The summed E-state index contributed by atoms with van der Waals surface area (Å²) in [6, 6.07) is 10.8. The van der Waals surface area contributed by atoms with Gasteiger partial charge in [-0.3, -0.25) is 4.79 Å². The van der Waals surface area contributed by atoms with Crippen molar-refractivity contribution >= 4 is 28.5 Å². The van der Waals surface area contributed by atoms with Crippen LogP contribution >= 0.6 is 11.6 Å². The molecule has 2 aromatic heterocycles. The average molecular weight is 286 g/mol. The van der Waals surface area contributed by atoms with Crippen molar-refractivity contribution in [3.8, 4) is 0 Å². The van der Waals surface area contributed by atoms with Crippen LogP contribution < -0.4 is 5.32 Å². The first-order valence-corrected chi connectivity index (χ1v) is 6.57. The molecule has 1 aromatic carbocycles. The van der Waals surface area contributed by atoms with E-state index in [4.69, 9.17) is 11.6 Å². The van der Waals surface area contributed by atoms with E-state index >= 15 is 0 Å². The first-order valence-electron chi connectivity index (χ1n) is 6.19. The number of nitrogens with zero attached hydrogens (tertiary/aromatic N) is 1. The van der Waals surface area contributed by atoms with Crippen LogP contribution in [0.15, 0.2) is 48.8 Å². The molecule has 0 unspecified atom stereocenters. The van der Waals surface area contributed by atoms with Gasteiger partial charge in [0.05, 0.1) is 10.6 Å². The standard InChI is InChI=1S/C15H12ClN3O/c16-13-4-2-1-3-12(13)15(20)19-9-10-5-7-17-14-11(10)6-8-18-14/h1-8H,9H2,(H,17,18)(H,19,20). The Morgan fingerprint density at radius 2 is 2.10 bits per heavy atom. The van der Waals surface area contributed by atoms with E-state index in [1.54, 1.807) is 30.5 Å². The molecular weight excluding hydrogens is 274 g/mol. The normalized spacial score (nSPS) is 10.7. The molecule has 0 atom stereocenters. The van der Waals surface area contributed by atoms with E-state index in [2.05, 4.69) is 15.3 Å². The summed E-state index contributed by atoms with van der Waals surface area (Å²) in [5.74, 6) is -0.184. The maximum absolute atomic E-state index is 12.1. The van der Waals surface area contributed by atoms with Crippen LogP contribution in [0, 0.1) is 0 Å². The molecule has 0 aliphatic rings. The van der Waals surface area contributed by atoms with Gasteiger partial charge < -0.3 is 10.3 Å². The number of benzene rings is 1. The summed E-state index contributed by atoms with van der Waals surface area (Å²) in [6.07, 6.45) is 3.55. The van der Waals surface area contributed by atoms with Gasteiger partial charge in [0.15, 0.2) is 0 Å². The molecule has 2 N–H and O–H groups in total. The summed E-state index contributed by atoms with van der Waals surface area (Å²) < 4.78 is 0. The van der Waals surface area contributed by atoms with Crippen LogP contribution in [0.1, 0.15) is 15.9 Å². The number of nitrogens with one attached hydrogen (secondary N) is 2. The Bertz CT molecular complexity index is 766. The number of halogens is 1. The Kier molecular flexibility index (Phi) is 3.39. The molecule has 100 valence electrons. The number of hydrogen-bond donors (Lipinski definition) is 2. The topological polar surface area (TPSA) is 57.8 Å². The van der Waals surface area contributed by atoms with Crippen molar-refractivity contribution in [2.24, 2.45) is 0 Å². The number of aromatic amines is 1. The van der Waals surface area contributed by atoms with Crippen LogP contribution in [-0.4, -0.2) is 15.9 Å². The zero-order valence-corrected chi connectivity index (χ0v) is 11.3. The number of aromatic nitrogens is 2. The maximum atomic E-state index is 12.1. The molecule has 0 bridgehead atoms. The van der Waals surface area contributed by atoms with Gasteiger partial charge in [0, 0.05) is 24.3 Å². The summed E-state index contributed by atoms with van der Waals surface area (Å²) in [6.45, 7) is 0.431. The largest absolute Gasteiger partial charge is 0.348 e. The lowest BCUT2D eigenvalue weighted by molar-refractivity contribution is 0.0951. The highest BCUT2D eigenvalue weighted by Gasteiger charge is 2.10. The number of fused-ring (bicyclic) bond motifs is 1. The average Bonchev–Trinajstić information content (AvgIpc) is 2.94. The highest BCUT2D eigenvalue weighted by Crippen LogP contribution is 2.17. The van der Waals surface area contributed by atoms with E-state index in [1.807, 2.05) is 18.3 Å². The van der Waals surface area contributed by atoms with Gasteiger partial charge >= 0.3 is 0 Å². The van der Waals surface area contributed by atoms with Crippen molar-refractivity contribution in [2.45, 2.75) is 6.54 Å². The summed E-state index contributed by atoms with van der Waals surface area (Å²) in [5.41, 5.74) is 2.31. The monoisotopic (exact) mass is 285 g/mol. The summed E-state index contributed by atoms with van der Waals surface area (Å²) in [7, 11) is 0. The van der Waals surface area contributed by atoms with Gasteiger partial charge in [0.25, 0.3) is 5.91 Å². The number of hydrogen-bond acceptors (Lipinski definition) is 2. The summed E-state index contributed by atoms with van der Waals surface area (Å²) in [4.78, 5) is 19.3. The van der Waals surface area contributed by atoms with E-state index in [9.17, 15) is 4.79 Å². The Morgan fingerprint density at radius 1 is 1.25 bits per heavy atom. The zero-order valence-electron chi connectivity index (χ0n) is 10.6. The van der Waals surface area contributed by atoms with E-state index in [0.717, 1.165) is 16.6 Å². The number of amides is 1. The predicted octanol–water partition coefficient (Wildman–Crippen LogP) is 3.15. The van der Waals surface area contributed by atoms with Gasteiger partial charge in [0.2, 0.25) is 0 Å². The van der Waals surface area contributed by atoms with Crippen molar-refractivity contribution in [3.05, 3.63) is 64.9 Å². The van der Waals surface area contributed by atoms with E-state index < -0.39 is 0 Å². The Hall–Kier alpha value is -2.33. The summed E-state index contributed by atoms with van der Waals surface area (Å²) >= 11 is 6.00. The number of carbonyl (C=O) groups excluding carboxylic acids is 1. The highest BCUT2D eigenvalue weighted by molar-refractivity contribution is 6.33. The highest BCUT2D eigenvalue weighted by atomic mass is 35.5. The van der Waals surface area contributed by atoms with Crippen LogP contribution in [0.5, 0.6) is 0 Å². The third kappa shape index (κ3) is 2.38. The van der Waals surface area contributed by atoms with Gasteiger partial charge in [-0.15, -0.1) is 0 Å². The molecule has 0 fully saturated rings. The second kappa shape index (κ2) is 5.35. The van der Waals surface area contributed by atoms with Crippen molar-refractivity contribution in [1.82, 2.24) is 15.3 Å². The molecule has 3 rings (SSSR count). The third-order valence-corrected chi connectivity index (χ3v) is 3.44. The van der Waals surface area contributed by atoms with Gasteiger partial charge in [-0.25, -0.2) is 4.98 Å². The van der Waals surface area contributed by atoms with Crippen LogP contribution in [0.2, 0.25) is 5.02 Å². The fourth-order valence-corrected chi connectivity index (χ4v) is 2.31. The Balaban J connectivity index is 1.78. The Morgan fingerprint density at radius 3 is 2.95 bits per heavy atom. The molecular formula is C15H12ClN3O. The molecule has 0 saturated heterocycles. The first kappa shape index (κ1) is 12.7. The number of H-pyrrole nitrogens is 1. The molecule has 0 radical (unpaired) electrons. The molecule has 5 heteroatoms. The van der Waals surface area contributed by atoms with Crippen LogP contribution in [0.3, 0.4) is 0 Å². The van der Waals surface area contributed by atoms with E-state index in [1.165, 1.54) is 0 Å². The lowest BCUT2D eigenvalue weighted by Gasteiger charge is -2.07. The van der Waals surface area contributed by atoms with Crippen LogP contribution in [-0.2, 0) is 6.54 Å². The minimum absolute atomic E-state index is 0.184. The van der Waals surface area contributed by atoms with Crippen molar-refractivity contribution in [3.63, 3.8) is 0 Å². The fraction of sp³-hybridized carbons (Fsp3) is 0.0667. The van der Waals surface area contributed by atoms with Crippen LogP contribution in [0.25, 0.3) is 11.0 Å². The second-order valence-corrected chi connectivity index (χ2v) is 4.78. The minimum atomic E-state index is -0.184. The number of pyridine rings is 1. The smallest absolute Gasteiger partial charge is 0.253 e. The van der Waals surface area contributed by atoms with Crippen molar-refractivity contribution in [2.75, 3.05) is 0 Å². The predicted molar refractivity (Wildman–Crippen MR) is 78.7 cm³/mol. The SMILES string of the molecule is O=C(NCc1ccnc2[nH]ccc12)c1ccccc1Cl. The van der Waals surface area contributed by atoms with E-state index in [0.29, 0.717) is 17.1 Å².